The lowest BCUT2D eigenvalue weighted by Gasteiger charge is -2.34. The first kappa shape index (κ1) is 24.7. The highest BCUT2D eigenvalue weighted by Gasteiger charge is 2.43. The van der Waals surface area contributed by atoms with Gasteiger partial charge < -0.3 is 20.3 Å². The summed E-state index contributed by atoms with van der Waals surface area (Å²) < 4.78 is 5.29. The van der Waals surface area contributed by atoms with E-state index in [1.165, 1.54) is 0 Å². The van der Waals surface area contributed by atoms with E-state index in [-0.39, 0.29) is 17.9 Å². The van der Waals surface area contributed by atoms with Crippen molar-refractivity contribution in [1.82, 2.24) is 15.5 Å². The van der Waals surface area contributed by atoms with Crippen LogP contribution in [0.5, 0.6) is 0 Å². The van der Waals surface area contributed by atoms with Crippen LogP contribution in [0.4, 0.5) is 4.79 Å². The average molecular weight is 432 g/mol. The predicted molar refractivity (Wildman–Crippen MR) is 121 cm³/mol. The Balaban J connectivity index is 2.29. The van der Waals surface area contributed by atoms with E-state index in [0.717, 1.165) is 36.8 Å². The SMILES string of the molecule is CCCCNC(=O)C(c1ccccc1C)N(C(=O)C(C)NC(=O)OC(C)(C)C)C1CC1. The zero-order valence-corrected chi connectivity index (χ0v) is 19.7. The van der Waals surface area contributed by atoms with Gasteiger partial charge in [0.1, 0.15) is 17.7 Å². The smallest absolute Gasteiger partial charge is 0.408 e. The molecule has 0 aliphatic heterocycles. The Labute approximate surface area is 185 Å². The number of carbonyl (C=O) groups is 3. The van der Waals surface area contributed by atoms with Crippen LogP contribution >= 0.6 is 0 Å². The summed E-state index contributed by atoms with van der Waals surface area (Å²) in [6, 6.07) is 6.07. The van der Waals surface area contributed by atoms with Crippen molar-refractivity contribution < 1.29 is 19.1 Å². The molecule has 0 spiro atoms. The third-order valence-electron chi connectivity index (χ3n) is 5.14. The van der Waals surface area contributed by atoms with Gasteiger partial charge in [0.05, 0.1) is 0 Å². The van der Waals surface area contributed by atoms with E-state index >= 15 is 0 Å². The van der Waals surface area contributed by atoms with E-state index in [0.29, 0.717) is 6.54 Å². The van der Waals surface area contributed by atoms with Gasteiger partial charge in [-0.1, -0.05) is 37.6 Å². The predicted octanol–water partition coefficient (Wildman–Crippen LogP) is 3.86. The Kier molecular flexibility index (Phi) is 8.48. The standard InChI is InChI=1S/C24H37N3O4/c1-7-8-15-25-21(28)20(19-12-10-9-11-16(19)2)27(18-13-14-18)22(29)17(3)26-23(30)31-24(4,5)6/h9-12,17-18,20H,7-8,13-15H2,1-6H3,(H,25,28)(H,26,30). The van der Waals surface area contributed by atoms with Crippen LogP contribution < -0.4 is 10.6 Å². The molecule has 2 rings (SSSR count). The van der Waals surface area contributed by atoms with Gasteiger partial charge >= 0.3 is 6.09 Å². The largest absolute Gasteiger partial charge is 0.444 e. The van der Waals surface area contributed by atoms with Gasteiger partial charge in [-0.2, -0.15) is 0 Å². The van der Waals surface area contributed by atoms with E-state index < -0.39 is 23.8 Å². The van der Waals surface area contributed by atoms with E-state index in [2.05, 4.69) is 17.6 Å². The number of nitrogens with zero attached hydrogens (tertiary/aromatic N) is 1. The summed E-state index contributed by atoms with van der Waals surface area (Å²) >= 11 is 0. The Morgan fingerprint density at radius 2 is 1.84 bits per heavy atom. The normalized spacial score (nSPS) is 15.5. The summed E-state index contributed by atoms with van der Waals surface area (Å²) in [5.41, 5.74) is 1.09. The molecule has 2 N–H and O–H groups in total. The molecule has 2 atom stereocenters. The Morgan fingerprint density at radius 3 is 2.39 bits per heavy atom. The molecule has 0 heterocycles. The minimum Gasteiger partial charge on any atom is -0.444 e. The van der Waals surface area contributed by atoms with Crippen LogP contribution in [0, 0.1) is 6.92 Å². The van der Waals surface area contributed by atoms with E-state index in [1.807, 2.05) is 31.2 Å². The third kappa shape index (κ3) is 7.26. The van der Waals surface area contributed by atoms with E-state index in [9.17, 15) is 14.4 Å². The van der Waals surface area contributed by atoms with Crippen LogP contribution in [0.1, 0.15) is 77.5 Å². The van der Waals surface area contributed by atoms with Crippen LogP contribution in [0.15, 0.2) is 24.3 Å². The second kappa shape index (κ2) is 10.6. The molecule has 0 bridgehead atoms. The van der Waals surface area contributed by atoms with Crippen LogP contribution in [0.3, 0.4) is 0 Å². The summed E-state index contributed by atoms with van der Waals surface area (Å²) in [5, 5.41) is 5.62. The molecule has 3 amide bonds. The summed E-state index contributed by atoms with van der Waals surface area (Å²) in [7, 11) is 0. The number of unbranched alkanes of at least 4 members (excludes halogenated alkanes) is 1. The van der Waals surface area contributed by atoms with Crippen LogP contribution in [0.25, 0.3) is 0 Å². The van der Waals surface area contributed by atoms with Gasteiger partial charge in [0.25, 0.3) is 0 Å². The molecule has 1 aromatic carbocycles. The number of benzene rings is 1. The molecule has 2 unspecified atom stereocenters. The first-order valence-corrected chi connectivity index (χ1v) is 11.2. The Morgan fingerprint density at radius 1 is 1.19 bits per heavy atom. The molecular weight excluding hydrogens is 394 g/mol. The fourth-order valence-corrected chi connectivity index (χ4v) is 3.44. The van der Waals surface area contributed by atoms with E-state index in [1.54, 1.807) is 32.6 Å². The molecule has 1 aliphatic rings. The summed E-state index contributed by atoms with van der Waals surface area (Å²) in [5.74, 6) is -0.472. The number of amides is 3. The molecule has 7 heteroatoms. The van der Waals surface area contributed by atoms with Crippen molar-refractivity contribution in [2.24, 2.45) is 0 Å². The van der Waals surface area contributed by atoms with Gasteiger partial charge in [-0.3, -0.25) is 9.59 Å². The van der Waals surface area contributed by atoms with Crippen molar-refractivity contribution in [2.45, 2.75) is 91.0 Å². The zero-order chi connectivity index (χ0) is 23.2. The molecule has 0 radical (unpaired) electrons. The maximum Gasteiger partial charge on any atom is 0.408 e. The molecule has 1 fully saturated rings. The Hall–Kier alpha value is -2.57. The molecule has 1 aliphatic carbocycles. The lowest BCUT2D eigenvalue weighted by molar-refractivity contribution is -0.142. The molecule has 1 aromatic rings. The van der Waals surface area contributed by atoms with Gasteiger partial charge in [0, 0.05) is 12.6 Å². The maximum atomic E-state index is 13.5. The van der Waals surface area contributed by atoms with Crippen molar-refractivity contribution in [1.29, 1.82) is 0 Å². The highest BCUT2D eigenvalue weighted by atomic mass is 16.6. The minimum absolute atomic E-state index is 0.0167. The third-order valence-corrected chi connectivity index (χ3v) is 5.14. The number of ether oxygens (including phenoxy) is 1. The molecule has 0 aromatic heterocycles. The first-order valence-electron chi connectivity index (χ1n) is 11.2. The minimum atomic E-state index is -0.814. The highest BCUT2D eigenvalue weighted by molar-refractivity contribution is 5.92. The van der Waals surface area contributed by atoms with Crippen LogP contribution in [-0.2, 0) is 14.3 Å². The molecule has 0 saturated heterocycles. The lowest BCUT2D eigenvalue weighted by atomic mass is 9.98. The average Bonchev–Trinajstić information content (AvgIpc) is 3.49. The van der Waals surface area contributed by atoms with E-state index in [4.69, 9.17) is 4.74 Å². The number of nitrogens with one attached hydrogen (secondary N) is 2. The second-order valence-electron chi connectivity index (χ2n) is 9.25. The second-order valence-corrected chi connectivity index (χ2v) is 9.25. The van der Waals surface area contributed by atoms with Gasteiger partial charge in [-0.05, 0) is 65.0 Å². The summed E-state index contributed by atoms with van der Waals surface area (Å²) in [6.45, 7) is 11.5. The topological polar surface area (TPSA) is 87.7 Å². The Bertz CT molecular complexity index is 783. The van der Waals surface area contributed by atoms with Crippen molar-refractivity contribution >= 4 is 17.9 Å². The van der Waals surface area contributed by atoms with Crippen molar-refractivity contribution in [3.8, 4) is 0 Å². The molecular formula is C24H37N3O4. The number of rotatable bonds is 9. The number of hydrogen-bond acceptors (Lipinski definition) is 4. The zero-order valence-electron chi connectivity index (χ0n) is 19.7. The summed E-state index contributed by atoms with van der Waals surface area (Å²) in [6.07, 6.45) is 2.88. The maximum absolute atomic E-state index is 13.5. The van der Waals surface area contributed by atoms with Crippen molar-refractivity contribution in [3.05, 3.63) is 35.4 Å². The fraction of sp³-hybridized carbons (Fsp3) is 0.625. The molecule has 31 heavy (non-hydrogen) atoms. The summed E-state index contributed by atoms with van der Waals surface area (Å²) in [4.78, 5) is 40.6. The van der Waals surface area contributed by atoms with Gasteiger partial charge in [-0.15, -0.1) is 0 Å². The molecule has 1 saturated carbocycles. The highest BCUT2D eigenvalue weighted by Crippen LogP contribution is 2.36. The van der Waals surface area contributed by atoms with Crippen LogP contribution in [-0.4, -0.2) is 47.0 Å². The number of alkyl carbamates (subject to hydrolysis) is 1. The fourth-order valence-electron chi connectivity index (χ4n) is 3.44. The van der Waals surface area contributed by atoms with Crippen LogP contribution in [0.2, 0.25) is 0 Å². The molecule has 7 nitrogen and oxygen atoms in total. The van der Waals surface area contributed by atoms with Crippen molar-refractivity contribution in [3.63, 3.8) is 0 Å². The monoisotopic (exact) mass is 431 g/mol. The van der Waals surface area contributed by atoms with Gasteiger partial charge in [-0.25, -0.2) is 4.79 Å². The quantitative estimate of drug-likeness (QED) is 0.581. The first-order chi connectivity index (χ1) is 14.5. The number of aryl methyl sites for hydroxylation is 1. The number of hydrogen-bond donors (Lipinski definition) is 2. The van der Waals surface area contributed by atoms with Gasteiger partial charge in [0.15, 0.2) is 0 Å². The molecule has 172 valence electrons. The number of carbonyl (C=O) groups excluding carboxylic acids is 3. The van der Waals surface area contributed by atoms with Crippen molar-refractivity contribution in [2.75, 3.05) is 6.54 Å². The van der Waals surface area contributed by atoms with Gasteiger partial charge in [0.2, 0.25) is 11.8 Å². The lowest BCUT2D eigenvalue weighted by Crippen LogP contribution is -2.52.